The fourth-order valence-electron chi connectivity index (χ4n) is 1.02. The van der Waals surface area contributed by atoms with E-state index in [1.54, 1.807) is 12.1 Å². The van der Waals surface area contributed by atoms with Crippen molar-refractivity contribution in [3.8, 4) is 0 Å². The van der Waals surface area contributed by atoms with E-state index >= 15 is 0 Å². The molecule has 0 aliphatic rings. The van der Waals surface area contributed by atoms with Gasteiger partial charge in [-0.05, 0) is 19.1 Å². The Morgan fingerprint density at radius 2 is 2.40 bits per heavy atom. The summed E-state index contributed by atoms with van der Waals surface area (Å²) in [6, 6.07) is 3.48. The van der Waals surface area contributed by atoms with E-state index in [0.717, 1.165) is 0 Å². The molecule has 15 heavy (non-hydrogen) atoms. The van der Waals surface area contributed by atoms with Crippen molar-refractivity contribution in [2.24, 2.45) is 0 Å². The molecule has 0 bridgehead atoms. The van der Waals surface area contributed by atoms with E-state index in [4.69, 9.17) is 9.15 Å². The van der Waals surface area contributed by atoms with E-state index < -0.39 is 11.6 Å². The van der Waals surface area contributed by atoms with Crippen molar-refractivity contribution in [1.82, 2.24) is 0 Å². The number of aliphatic hydroxyl groups is 1. The molecule has 1 aromatic rings. The molecule has 0 aliphatic heterocycles. The van der Waals surface area contributed by atoms with Crippen molar-refractivity contribution in [2.45, 2.75) is 19.1 Å². The monoisotopic (exact) mass is 214 g/mol. The van der Waals surface area contributed by atoms with Crippen LogP contribution in [0, 0.1) is 0 Å². The number of methoxy groups -OCH3 is 1. The zero-order chi connectivity index (χ0) is 11.3. The van der Waals surface area contributed by atoms with Gasteiger partial charge in [0.15, 0.2) is 5.60 Å². The number of rotatable bonds is 5. The molecule has 5 heteroatoms. The number of esters is 1. The van der Waals surface area contributed by atoms with Gasteiger partial charge in [-0.25, -0.2) is 4.79 Å². The molecule has 0 fully saturated rings. The van der Waals surface area contributed by atoms with E-state index in [-0.39, 0.29) is 13.2 Å². The van der Waals surface area contributed by atoms with Crippen LogP contribution in [0.15, 0.2) is 22.8 Å². The van der Waals surface area contributed by atoms with Gasteiger partial charge in [0.2, 0.25) is 0 Å². The second kappa shape index (κ2) is 4.95. The van der Waals surface area contributed by atoms with Crippen molar-refractivity contribution >= 4 is 5.97 Å². The van der Waals surface area contributed by atoms with Gasteiger partial charge in [-0.2, -0.15) is 0 Å². The first-order chi connectivity index (χ1) is 7.06. The molecule has 1 aromatic heterocycles. The molecule has 1 atom stereocenters. The standard InChI is InChI=1S/C10H14O5/c1-10(12,9(11)13-2)7-14-6-8-4-3-5-15-8/h3-5,12H,6-7H2,1-2H3. The van der Waals surface area contributed by atoms with Crippen LogP contribution >= 0.6 is 0 Å². The quantitative estimate of drug-likeness (QED) is 0.731. The Hall–Kier alpha value is -1.33. The summed E-state index contributed by atoms with van der Waals surface area (Å²) in [4.78, 5) is 11.1. The van der Waals surface area contributed by atoms with Crippen LogP contribution in [0.25, 0.3) is 0 Å². The fourth-order valence-corrected chi connectivity index (χ4v) is 1.02. The molecule has 1 heterocycles. The molecule has 0 aromatic carbocycles. The summed E-state index contributed by atoms with van der Waals surface area (Å²) in [6.07, 6.45) is 1.52. The lowest BCUT2D eigenvalue weighted by Gasteiger charge is -2.19. The molecule has 0 amide bonds. The van der Waals surface area contributed by atoms with Gasteiger partial charge in [0.05, 0.1) is 20.0 Å². The van der Waals surface area contributed by atoms with Gasteiger partial charge in [0.25, 0.3) is 0 Å². The third-order valence-electron chi connectivity index (χ3n) is 1.83. The van der Waals surface area contributed by atoms with Crippen molar-refractivity contribution in [2.75, 3.05) is 13.7 Å². The highest BCUT2D eigenvalue weighted by molar-refractivity contribution is 5.78. The van der Waals surface area contributed by atoms with Gasteiger partial charge in [-0.3, -0.25) is 0 Å². The van der Waals surface area contributed by atoms with E-state index in [9.17, 15) is 9.90 Å². The van der Waals surface area contributed by atoms with Gasteiger partial charge < -0.3 is 19.0 Å². The zero-order valence-electron chi connectivity index (χ0n) is 8.73. The van der Waals surface area contributed by atoms with Gasteiger partial charge in [0, 0.05) is 0 Å². The summed E-state index contributed by atoms with van der Waals surface area (Å²) in [6.45, 7) is 1.40. The van der Waals surface area contributed by atoms with E-state index in [1.807, 2.05) is 0 Å². The molecular weight excluding hydrogens is 200 g/mol. The Kier molecular flexibility index (Phi) is 3.88. The predicted octanol–water partition coefficient (Wildman–Crippen LogP) is 0.720. The summed E-state index contributed by atoms with van der Waals surface area (Å²) >= 11 is 0. The normalized spacial score (nSPS) is 14.6. The molecule has 1 N–H and O–H groups in total. The summed E-state index contributed by atoms with van der Waals surface area (Å²) < 4.78 is 14.5. The first-order valence-electron chi connectivity index (χ1n) is 4.47. The third kappa shape index (κ3) is 3.38. The Morgan fingerprint density at radius 3 is 2.93 bits per heavy atom. The molecule has 0 aliphatic carbocycles. The summed E-state index contributed by atoms with van der Waals surface area (Å²) in [5.41, 5.74) is -1.62. The molecular formula is C10H14O5. The van der Waals surface area contributed by atoms with Crippen LogP contribution in [-0.4, -0.2) is 30.4 Å². The highest BCUT2D eigenvalue weighted by atomic mass is 16.6. The van der Waals surface area contributed by atoms with Gasteiger partial charge in [0.1, 0.15) is 12.4 Å². The third-order valence-corrected chi connectivity index (χ3v) is 1.83. The summed E-state index contributed by atoms with van der Waals surface area (Å²) in [5, 5.41) is 9.58. The SMILES string of the molecule is COC(=O)C(C)(O)COCc1ccco1. The van der Waals surface area contributed by atoms with Crippen LogP contribution in [0.3, 0.4) is 0 Å². The van der Waals surface area contributed by atoms with Crippen LogP contribution in [0.5, 0.6) is 0 Å². The van der Waals surface area contributed by atoms with Crippen LogP contribution in [0.4, 0.5) is 0 Å². The van der Waals surface area contributed by atoms with Crippen LogP contribution in [0.1, 0.15) is 12.7 Å². The maximum atomic E-state index is 11.1. The molecule has 0 spiro atoms. The van der Waals surface area contributed by atoms with Gasteiger partial charge in [-0.15, -0.1) is 0 Å². The average molecular weight is 214 g/mol. The Labute approximate surface area is 87.6 Å². The first-order valence-corrected chi connectivity index (χ1v) is 4.47. The minimum atomic E-state index is -1.62. The van der Waals surface area contributed by atoms with Crippen LogP contribution in [-0.2, 0) is 20.9 Å². The first kappa shape index (κ1) is 11.7. The van der Waals surface area contributed by atoms with Gasteiger partial charge in [-0.1, -0.05) is 0 Å². The molecule has 5 nitrogen and oxygen atoms in total. The smallest absolute Gasteiger partial charge is 0.339 e. The summed E-state index contributed by atoms with van der Waals surface area (Å²) in [5.74, 6) is -0.0855. The average Bonchev–Trinajstić information content (AvgIpc) is 2.69. The zero-order valence-corrected chi connectivity index (χ0v) is 8.73. The topological polar surface area (TPSA) is 68.9 Å². The molecule has 1 unspecified atom stereocenters. The fraction of sp³-hybridized carbons (Fsp3) is 0.500. The lowest BCUT2D eigenvalue weighted by Crippen LogP contribution is -2.40. The highest BCUT2D eigenvalue weighted by Gasteiger charge is 2.31. The van der Waals surface area contributed by atoms with E-state index in [1.165, 1.54) is 20.3 Å². The van der Waals surface area contributed by atoms with E-state index in [2.05, 4.69) is 4.74 Å². The molecule has 0 saturated heterocycles. The maximum absolute atomic E-state index is 11.1. The lowest BCUT2D eigenvalue weighted by molar-refractivity contribution is -0.167. The number of hydrogen-bond acceptors (Lipinski definition) is 5. The number of ether oxygens (including phenoxy) is 2. The van der Waals surface area contributed by atoms with Gasteiger partial charge >= 0.3 is 5.97 Å². The molecule has 0 saturated carbocycles. The largest absolute Gasteiger partial charge is 0.467 e. The van der Waals surface area contributed by atoms with Crippen molar-refractivity contribution in [3.63, 3.8) is 0 Å². The maximum Gasteiger partial charge on any atom is 0.339 e. The molecule has 0 radical (unpaired) electrons. The van der Waals surface area contributed by atoms with Crippen molar-refractivity contribution < 1.29 is 23.8 Å². The summed E-state index contributed by atoms with van der Waals surface area (Å²) in [7, 11) is 1.21. The van der Waals surface area contributed by atoms with Crippen LogP contribution < -0.4 is 0 Å². The second-order valence-corrected chi connectivity index (χ2v) is 3.34. The second-order valence-electron chi connectivity index (χ2n) is 3.34. The van der Waals surface area contributed by atoms with Crippen LogP contribution in [0.2, 0.25) is 0 Å². The number of carbonyl (C=O) groups is 1. The predicted molar refractivity (Wildman–Crippen MR) is 51.0 cm³/mol. The Bertz CT molecular complexity index is 302. The number of furan rings is 1. The Balaban J connectivity index is 2.33. The molecule has 1 rings (SSSR count). The number of hydrogen-bond donors (Lipinski definition) is 1. The minimum Gasteiger partial charge on any atom is -0.467 e. The highest BCUT2D eigenvalue weighted by Crippen LogP contribution is 2.09. The van der Waals surface area contributed by atoms with E-state index in [0.29, 0.717) is 5.76 Å². The minimum absolute atomic E-state index is 0.139. The number of carbonyl (C=O) groups excluding carboxylic acids is 1. The van der Waals surface area contributed by atoms with Crippen molar-refractivity contribution in [3.05, 3.63) is 24.2 Å². The van der Waals surface area contributed by atoms with Crippen molar-refractivity contribution in [1.29, 1.82) is 0 Å². The molecule has 84 valence electrons. The lowest BCUT2D eigenvalue weighted by atomic mass is 10.1. The Morgan fingerprint density at radius 1 is 1.67 bits per heavy atom.